The zero-order chi connectivity index (χ0) is 19.3. The Morgan fingerprint density at radius 2 is 0.786 bits per heavy atom. The SMILES string of the molecule is BrP(C#Cc1ccccc1)(c1ccccc1)(c1ccccc1)c1ccccc1. The van der Waals surface area contributed by atoms with E-state index < -0.39 is 5.31 Å². The van der Waals surface area contributed by atoms with Crippen LogP contribution in [0, 0.1) is 11.6 Å². The van der Waals surface area contributed by atoms with Gasteiger partial charge in [-0.2, -0.15) is 0 Å². The molecule has 0 aliphatic rings. The second-order valence-corrected chi connectivity index (χ2v) is 14.7. The van der Waals surface area contributed by atoms with Crippen molar-refractivity contribution >= 4 is 36.7 Å². The molecule has 0 aliphatic carbocycles. The Bertz CT molecular complexity index is 1010. The molecular weight excluding hydrogens is 423 g/mol. The minimum atomic E-state index is -3.17. The molecule has 2 heteroatoms. The van der Waals surface area contributed by atoms with Crippen LogP contribution >= 0.6 is 20.8 Å². The van der Waals surface area contributed by atoms with Gasteiger partial charge in [0, 0.05) is 0 Å². The van der Waals surface area contributed by atoms with Crippen LogP contribution in [-0.2, 0) is 0 Å². The molecule has 0 heterocycles. The molecule has 0 nitrogen and oxygen atoms in total. The van der Waals surface area contributed by atoms with Crippen LogP contribution in [0.2, 0.25) is 0 Å². The fourth-order valence-electron chi connectivity index (χ4n) is 3.46. The van der Waals surface area contributed by atoms with Crippen LogP contribution in [0.1, 0.15) is 5.56 Å². The van der Waals surface area contributed by atoms with Crippen molar-refractivity contribution in [1.29, 1.82) is 0 Å². The molecule has 0 saturated heterocycles. The molecule has 28 heavy (non-hydrogen) atoms. The maximum absolute atomic E-state index is 4.33. The zero-order valence-corrected chi connectivity index (χ0v) is 17.9. The monoisotopic (exact) mass is 442 g/mol. The quantitative estimate of drug-likeness (QED) is 0.276. The third kappa shape index (κ3) is 3.20. The Hall–Kier alpha value is -2.65. The minimum absolute atomic E-state index is 1.01. The number of benzene rings is 4. The van der Waals surface area contributed by atoms with Crippen molar-refractivity contribution in [1.82, 2.24) is 0 Å². The van der Waals surface area contributed by atoms with E-state index in [4.69, 9.17) is 0 Å². The first-order chi connectivity index (χ1) is 13.7. The summed E-state index contributed by atoms with van der Waals surface area (Å²) in [5.41, 5.74) is 4.78. The Labute approximate surface area is 174 Å². The molecule has 4 rings (SSSR count). The van der Waals surface area contributed by atoms with Gasteiger partial charge in [0.05, 0.1) is 0 Å². The second-order valence-electron chi connectivity index (χ2n) is 6.62. The van der Waals surface area contributed by atoms with Crippen molar-refractivity contribution in [2.45, 2.75) is 0 Å². The molecular formula is C26H20BrP. The first-order valence-electron chi connectivity index (χ1n) is 9.21. The Morgan fingerprint density at radius 1 is 0.464 bits per heavy atom. The first-order valence-corrected chi connectivity index (χ1v) is 13.5. The van der Waals surface area contributed by atoms with Gasteiger partial charge in [-0.15, -0.1) is 0 Å². The number of halogens is 1. The molecule has 0 N–H and O–H groups in total. The molecule has 0 unspecified atom stereocenters. The van der Waals surface area contributed by atoms with Gasteiger partial charge in [-0.3, -0.25) is 0 Å². The van der Waals surface area contributed by atoms with Crippen LogP contribution in [-0.4, -0.2) is 0 Å². The van der Waals surface area contributed by atoms with Crippen LogP contribution < -0.4 is 15.9 Å². The number of hydrogen-bond acceptors (Lipinski definition) is 0. The molecule has 0 atom stereocenters. The summed E-state index contributed by atoms with van der Waals surface area (Å²) in [6.45, 7) is 0. The summed E-state index contributed by atoms with van der Waals surface area (Å²) in [7, 11) is 0. The molecule has 0 bridgehead atoms. The summed E-state index contributed by atoms with van der Waals surface area (Å²) in [5.74, 6) is 3.48. The van der Waals surface area contributed by atoms with Gasteiger partial charge in [-0.25, -0.2) is 0 Å². The van der Waals surface area contributed by atoms with Crippen molar-refractivity contribution in [3.05, 3.63) is 127 Å². The molecule has 4 aromatic carbocycles. The topological polar surface area (TPSA) is 0 Å². The van der Waals surface area contributed by atoms with E-state index in [1.54, 1.807) is 0 Å². The van der Waals surface area contributed by atoms with E-state index in [0.717, 1.165) is 5.56 Å². The van der Waals surface area contributed by atoms with Crippen molar-refractivity contribution in [2.75, 3.05) is 0 Å². The van der Waals surface area contributed by atoms with Gasteiger partial charge in [-0.05, 0) is 0 Å². The van der Waals surface area contributed by atoms with E-state index >= 15 is 0 Å². The summed E-state index contributed by atoms with van der Waals surface area (Å²) >= 11 is 4.33. The fourth-order valence-corrected chi connectivity index (χ4v) is 9.67. The molecule has 0 fully saturated rings. The van der Waals surface area contributed by atoms with Gasteiger partial charge in [0.2, 0.25) is 0 Å². The van der Waals surface area contributed by atoms with Crippen molar-refractivity contribution in [2.24, 2.45) is 0 Å². The summed E-state index contributed by atoms with van der Waals surface area (Å²) < 4.78 is 0. The molecule has 0 spiro atoms. The van der Waals surface area contributed by atoms with Crippen LogP contribution in [0.3, 0.4) is 0 Å². The Morgan fingerprint density at radius 3 is 1.14 bits per heavy atom. The molecule has 136 valence electrons. The van der Waals surface area contributed by atoms with Crippen molar-refractivity contribution in [3.63, 3.8) is 0 Å². The third-order valence-corrected chi connectivity index (χ3v) is 13.5. The molecule has 0 saturated carbocycles. The Balaban J connectivity index is 2.12. The molecule has 4 aromatic rings. The molecule has 0 aliphatic heterocycles. The predicted octanol–water partition coefficient (Wildman–Crippen LogP) is 5.84. The standard InChI is InChI=1S/C26H20BrP/c27-28(24-15-7-2-8-16-24,25-17-9-3-10-18-25,26-19-11-4-12-20-26)22-21-23-13-5-1-6-14-23/h1-20H. The zero-order valence-electron chi connectivity index (χ0n) is 15.4. The van der Waals surface area contributed by atoms with E-state index in [-0.39, 0.29) is 0 Å². The van der Waals surface area contributed by atoms with Crippen LogP contribution in [0.25, 0.3) is 0 Å². The number of rotatable bonds is 3. The van der Waals surface area contributed by atoms with Gasteiger partial charge in [-0.1, -0.05) is 0 Å². The van der Waals surface area contributed by atoms with E-state index in [9.17, 15) is 0 Å². The summed E-state index contributed by atoms with van der Waals surface area (Å²) in [6, 6.07) is 42.0. The average Bonchev–Trinajstić information content (AvgIpc) is 2.80. The van der Waals surface area contributed by atoms with Gasteiger partial charge >= 0.3 is 175 Å². The molecule has 0 radical (unpaired) electrons. The maximum atomic E-state index is 4.33. The van der Waals surface area contributed by atoms with E-state index in [0.29, 0.717) is 0 Å². The third-order valence-electron chi connectivity index (χ3n) is 4.91. The second kappa shape index (κ2) is 7.76. The van der Waals surface area contributed by atoms with Crippen LogP contribution in [0.15, 0.2) is 121 Å². The van der Waals surface area contributed by atoms with Crippen LogP contribution in [0.5, 0.6) is 0 Å². The van der Waals surface area contributed by atoms with Gasteiger partial charge in [0.1, 0.15) is 0 Å². The van der Waals surface area contributed by atoms with Gasteiger partial charge < -0.3 is 0 Å². The summed E-state index contributed by atoms with van der Waals surface area (Å²) in [6.07, 6.45) is 0. The summed E-state index contributed by atoms with van der Waals surface area (Å²) in [5, 5.41) is 0.441. The van der Waals surface area contributed by atoms with E-state index in [2.05, 4.69) is 130 Å². The van der Waals surface area contributed by atoms with Crippen LogP contribution in [0.4, 0.5) is 0 Å². The molecule has 0 aromatic heterocycles. The number of hydrogen-bond donors (Lipinski definition) is 0. The van der Waals surface area contributed by atoms with E-state index in [1.165, 1.54) is 15.9 Å². The van der Waals surface area contributed by atoms with Gasteiger partial charge in [0.15, 0.2) is 0 Å². The molecule has 0 amide bonds. The first kappa shape index (κ1) is 18.7. The van der Waals surface area contributed by atoms with Crippen molar-refractivity contribution in [3.8, 4) is 11.6 Å². The predicted molar refractivity (Wildman–Crippen MR) is 127 cm³/mol. The van der Waals surface area contributed by atoms with Crippen molar-refractivity contribution < 1.29 is 0 Å². The fraction of sp³-hybridized carbons (Fsp3) is 0. The average molecular weight is 443 g/mol. The Kier molecular flexibility index (Phi) is 5.19. The normalized spacial score (nSPS) is 12.2. The van der Waals surface area contributed by atoms with Gasteiger partial charge in [0.25, 0.3) is 0 Å². The van der Waals surface area contributed by atoms with E-state index in [1.807, 2.05) is 18.2 Å². The summed E-state index contributed by atoms with van der Waals surface area (Å²) in [4.78, 5) is 0.